The molecule has 0 saturated heterocycles. The fourth-order valence-electron chi connectivity index (χ4n) is 0.418. The Bertz CT molecular complexity index is 56.9. The van der Waals surface area contributed by atoms with Gasteiger partial charge in [0.1, 0.15) is 0 Å². The van der Waals surface area contributed by atoms with E-state index in [2.05, 4.69) is 5.32 Å². The molecule has 0 spiro atoms. The van der Waals surface area contributed by atoms with E-state index in [0.717, 1.165) is 13.1 Å². The summed E-state index contributed by atoms with van der Waals surface area (Å²) in [6, 6.07) is 0. The van der Waals surface area contributed by atoms with E-state index < -0.39 is 0 Å². The molecule has 0 atom stereocenters. The van der Waals surface area contributed by atoms with Crippen LogP contribution in [0.4, 0.5) is 0 Å². The van der Waals surface area contributed by atoms with E-state index in [-0.39, 0.29) is 31.0 Å². The summed E-state index contributed by atoms with van der Waals surface area (Å²) in [5, 5.41) is 12.8. The second kappa shape index (κ2) is 8.88. The summed E-state index contributed by atoms with van der Waals surface area (Å²) in [5.41, 5.74) is 0. The summed E-state index contributed by atoms with van der Waals surface area (Å²) in [6.45, 7) is 4.54. The van der Waals surface area contributed by atoms with Gasteiger partial charge in [0.2, 0.25) is 0 Å². The zero-order chi connectivity index (χ0) is 6.41. The predicted octanol–water partition coefficient (Wildman–Crippen LogP) is -2.97. The Labute approximate surface area is 80.2 Å². The SMILES string of the molecule is CCNCCN(C)O.[H-].[Na+]. The second-order valence-corrected chi connectivity index (χ2v) is 1.73. The molecule has 0 fully saturated rings. The standard InChI is InChI=1S/C5H14N2O.Na.H/c1-3-6-4-5-7(2)8;;/h6,8H,3-5H2,1-2H3;;/q;+1;-1. The first kappa shape index (κ1) is 12.5. The number of hydrogen-bond donors (Lipinski definition) is 2. The smallest absolute Gasteiger partial charge is 1.00 e. The number of nitrogens with one attached hydrogen (secondary N) is 1. The number of hydrogen-bond acceptors (Lipinski definition) is 3. The largest absolute Gasteiger partial charge is 1.00 e. The van der Waals surface area contributed by atoms with Crippen molar-refractivity contribution in [2.75, 3.05) is 26.7 Å². The van der Waals surface area contributed by atoms with E-state index in [1.54, 1.807) is 7.05 Å². The summed E-state index contributed by atoms with van der Waals surface area (Å²) in [4.78, 5) is 0. The molecular weight excluding hydrogens is 127 g/mol. The van der Waals surface area contributed by atoms with Crippen LogP contribution in [-0.2, 0) is 0 Å². The van der Waals surface area contributed by atoms with Gasteiger partial charge in [0.05, 0.1) is 0 Å². The maximum absolute atomic E-state index is 8.57. The Morgan fingerprint density at radius 3 is 2.56 bits per heavy atom. The van der Waals surface area contributed by atoms with Crippen LogP contribution in [0.25, 0.3) is 0 Å². The molecule has 0 aliphatic carbocycles. The van der Waals surface area contributed by atoms with Gasteiger partial charge in [-0.15, -0.1) is 0 Å². The van der Waals surface area contributed by atoms with Crippen LogP contribution in [0.2, 0.25) is 0 Å². The maximum Gasteiger partial charge on any atom is 1.00 e. The van der Waals surface area contributed by atoms with Crippen LogP contribution >= 0.6 is 0 Å². The van der Waals surface area contributed by atoms with Crippen LogP contribution in [0.5, 0.6) is 0 Å². The van der Waals surface area contributed by atoms with E-state index in [1.165, 1.54) is 5.06 Å². The van der Waals surface area contributed by atoms with Gasteiger partial charge in [0.15, 0.2) is 0 Å². The van der Waals surface area contributed by atoms with Gasteiger partial charge in [-0.1, -0.05) is 6.92 Å². The van der Waals surface area contributed by atoms with Crippen molar-refractivity contribution in [3.8, 4) is 0 Å². The van der Waals surface area contributed by atoms with Gasteiger partial charge < -0.3 is 12.0 Å². The quantitative estimate of drug-likeness (QED) is 0.250. The molecule has 0 heterocycles. The molecule has 0 radical (unpaired) electrons. The van der Waals surface area contributed by atoms with Crippen LogP contribution in [-0.4, -0.2) is 37.0 Å². The van der Waals surface area contributed by atoms with Crippen LogP contribution in [0.3, 0.4) is 0 Å². The van der Waals surface area contributed by atoms with Gasteiger partial charge >= 0.3 is 29.6 Å². The minimum Gasteiger partial charge on any atom is -1.00 e. The first-order chi connectivity index (χ1) is 3.77. The molecular formula is C5H15N2NaO. The minimum absolute atomic E-state index is 0. The van der Waals surface area contributed by atoms with Crippen LogP contribution in [0.15, 0.2) is 0 Å². The molecule has 0 aromatic rings. The molecule has 0 saturated carbocycles. The minimum atomic E-state index is 0. The van der Waals surface area contributed by atoms with Gasteiger partial charge in [-0.2, -0.15) is 5.06 Å². The van der Waals surface area contributed by atoms with E-state index in [0.29, 0.717) is 6.54 Å². The Morgan fingerprint density at radius 2 is 2.22 bits per heavy atom. The fraction of sp³-hybridized carbons (Fsp3) is 1.00. The van der Waals surface area contributed by atoms with Gasteiger partial charge in [0.25, 0.3) is 0 Å². The van der Waals surface area contributed by atoms with Gasteiger partial charge in [-0.05, 0) is 6.54 Å². The molecule has 0 aromatic heterocycles. The van der Waals surface area contributed by atoms with E-state index in [4.69, 9.17) is 5.21 Å². The van der Waals surface area contributed by atoms with Crippen molar-refractivity contribution in [1.29, 1.82) is 0 Å². The first-order valence-electron chi connectivity index (χ1n) is 2.88. The molecule has 52 valence electrons. The average Bonchev–Trinajstić information content (AvgIpc) is 1.66. The number of hydroxylamine groups is 2. The molecule has 9 heavy (non-hydrogen) atoms. The Balaban J connectivity index is -0.000000245. The van der Waals surface area contributed by atoms with Gasteiger partial charge in [-0.25, -0.2) is 0 Å². The summed E-state index contributed by atoms with van der Waals surface area (Å²) in [7, 11) is 1.64. The van der Waals surface area contributed by atoms with Crippen LogP contribution in [0.1, 0.15) is 8.35 Å². The summed E-state index contributed by atoms with van der Waals surface area (Å²) in [6.07, 6.45) is 0. The van der Waals surface area contributed by atoms with Crippen molar-refractivity contribution in [3.63, 3.8) is 0 Å². The van der Waals surface area contributed by atoms with E-state index in [1.807, 2.05) is 6.92 Å². The molecule has 0 aliphatic rings. The predicted molar refractivity (Wildman–Crippen MR) is 34.1 cm³/mol. The third-order valence-corrected chi connectivity index (χ3v) is 0.862. The molecule has 2 N–H and O–H groups in total. The normalized spacial score (nSPS) is 9.33. The van der Waals surface area contributed by atoms with Crippen LogP contribution < -0.4 is 34.9 Å². The third-order valence-electron chi connectivity index (χ3n) is 0.862. The molecule has 0 unspecified atom stereocenters. The summed E-state index contributed by atoms with van der Waals surface area (Å²) in [5.74, 6) is 0. The summed E-state index contributed by atoms with van der Waals surface area (Å²) < 4.78 is 0. The van der Waals surface area contributed by atoms with Gasteiger partial charge in [-0.3, -0.25) is 0 Å². The van der Waals surface area contributed by atoms with Crippen molar-refractivity contribution in [2.24, 2.45) is 0 Å². The molecule has 0 bridgehead atoms. The summed E-state index contributed by atoms with van der Waals surface area (Å²) >= 11 is 0. The maximum atomic E-state index is 8.57. The Kier molecular flexibility index (Phi) is 12.4. The fourth-order valence-corrected chi connectivity index (χ4v) is 0.418. The third kappa shape index (κ3) is 12.2. The monoisotopic (exact) mass is 142 g/mol. The molecule has 3 nitrogen and oxygen atoms in total. The molecule has 0 amide bonds. The van der Waals surface area contributed by atoms with E-state index >= 15 is 0 Å². The topological polar surface area (TPSA) is 35.5 Å². The van der Waals surface area contributed by atoms with Crippen molar-refractivity contribution >= 4 is 0 Å². The average molecular weight is 142 g/mol. The van der Waals surface area contributed by atoms with E-state index in [9.17, 15) is 0 Å². The number of rotatable bonds is 4. The molecule has 0 aromatic carbocycles. The second-order valence-electron chi connectivity index (χ2n) is 1.73. The first-order valence-corrected chi connectivity index (χ1v) is 2.88. The van der Waals surface area contributed by atoms with Crippen molar-refractivity contribution < 1.29 is 36.2 Å². The molecule has 0 rings (SSSR count). The Hall–Kier alpha value is 0.880. The molecule has 0 aliphatic heterocycles. The van der Waals surface area contributed by atoms with Crippen molar-refractivity contribution in [2.45, 2.75) is 6.92 Å². The van der Waals surface area contributed by atoms with Crippen molar-refractivity contribution in [3.05, 3.63) is 0 Å². The van der Waals surface area contributed by atoms with Gasteiger partial charge in [0, 0.05) is 20.1 Å². The Morgan fingerprint density at radius 1 is 1.67 bits per heavy atom. The zero-order valence-electron chi connectivity index (χ0n) is 7.52. The number of nitrogens with zero attached hydrogens (tertiary/aromatic N) is 1. The zero-order valence-corrected chi connectivity index (χ0v) is 8.52. The number of likely N-dealkylation sites (N-methyl/N-ethyl adjacent to an activating group) is 2. The van der Waals surface area contributed by atoms with Crippen molar-refractivity contribution in [1.82, 2.24) is 10.4 Å². The van der Waals surface area contributed by atoms with Crippen LogP contribution in [0, 0.1) is 0 Å². The molecule has 4 heteroatoms.